The van der Waals surface area contributed by atoms with Crippen molar-refractivity contribution in [1.82, 2.24) is 14.8 Å². The average Bonchev–Trinajstić information content (AvgIpc) is 3.50. The summed E-state index contributed by atoms with van der Waals surface area (Å²) >= 11 is 0. The Balaban J connectivity index is 1.49. The van der Waals surface area contributed by atoms with Gasteiger partial charge in [-0.25, -0.2) is 18.3 Å². The molecule has 3 aromatic carbocycles. The fraction of sp³-hybridized carbons (Fsp3) is 0.179. The molecule has 1 unspecified atom stereocenters. The Hall–Kier alpha value is -3.99. The minimum Gasteiger partial charge on any atom is -0.508 e. The summed E-state index contributed by atoms with van der Waals surface area (Å²) in [7, 11) is -3.99. The number of hydrogen-bond donors (Lipinski definition) is 4. The summed E-state index contributed by atoms with van der Waals surface area (Å²) in [5.74, 6) is -1.14. The number of aryl methyl sites for hydroxylation is 1. The molecule has 196 valence electrons. The summed E-state index contributed by atoms with van der Waals surface area (Å²) in [6.07, 6.45) is 6.16. The molecule has 0 aliphatic heterocycles. The van der Waals surface area contributed by atoms with E-state index in [0.717, 1.165) is 27.6 Å². The number of phenols is 1. The van der Waals surface area contributed by atoms with Gasteiger partial charge >= 0.3 is 0 Å². The van der Waals surface area contributed by atoms with E-state index in [1.54, 1.807) is 29.9 Å². The molecular weight excluding hydrogens is 509 g/mol. The normalized spacial score (nSPS) is 15.4. The third-order valence-corrected chi connectivity index (χ3v) is 8.76. The highest BCUT2D eigenvalue weighted by Crippen LogP contribution is 2.40. The van der Waals surface area contributed by atoms with Gasteiger partial charge in [-0.2, -0.15) is 4.31 Å². The van der Waals surface area contributed by atoms with Gasteiger partial charge in [0.05, 0.1) is 10.9 Å². The molecule has 4 aromatic rings. The molecule has 1 atom stereocenters. The summed E-state index contributed by atoms with van der Waals surface area (Å²) in [6.45, 7) is 0.171. The van der Waals surface area contributed by atoms with E-state index >= 15 is 0 Å². The van der Waals surface area contributed by atoms with Crippen LogP contribution in [0, 0.1) is 5.82 Å². The van der Waals surface area contributed by atoms with E-state index < -0.39 is 22.0 Å². The van der Waals surface area contributed by atoms with Crippen molar-refractivity contribution < 1.29 is 27.9 Å². The molecule has 1 aromatic heterocycles. The lowest BCUT2D eigenvalue weighted by molar-refractivity contribution is -0.124. The number of rotatable bonds is 8. The van der Waals surface area contributed by atoms with Crippen molar-refractivity contribution in [2.75, 3.05) is 6.54 Å². The molecule has 1 heterocycles. The number of H-pyrrole nitrogens is 1. The van der Waals surface area contributed by atoms with Crippen molar-refractivity contribution in [2.24, 2.45) is 0 Å². The number of hydroxylamine groups is 1. The van der Waals surface area contributed by atoms with Gasteiger partial charge in [0.15, 0.2) is 0 Å². The molecule has 38 heavy (non-hydrogen) atoms. The molecule has 1 aliphatic carbocycles. The number of hydrogen-bond acceptors (Lipinski definition) is 5. The number of aromatic nitrogens is 1. The highest BCUT2D eigenvalue weighted by molar-refractivity contribution is 7.89. The largest absolute Gasteiger partial charge is 0.508 e. The highest BCUT2D eigenvalue weighted by atomic mass is 32.2. The van der Waals surface area contributed by atoms with Crippen LogP contribution in [0.25, 0.3) is 17.0 Å². The Morgan fingerprint density at radius 2 is 2.00 bits per heavy atom. The summed E-state index contributed by atoms with van der Waals surface area (Å²) in [6, 6.07) is 15.2. The summed E-state index contributed by atoms with van der Waals surface area (Å²) in [5.41, 5.74) is 5.66. The number of carbonyl (C=O) groups excluding carboxylic acids is 1. The molecule has 8 nitrogen and oxygen atoms in total. The van der Waals surface area contributed by atoms with Gasteiger partial charge in [0.1, 0.15) is 11.6 Å². The lowest BCUT2D eigenvalue weighted by Crippen LogP contribution is -2.35. The zero-order valence-electron chi connectivity index (χ0n) is 20.3. The molecule has 1 amide bonds. The summed E-state index contributed by atoms with van der Waals surface area (Å²) in [5, 5.41) is 19.5. The Kier molecular flexibility index (Phi) is 7.02. The molecule has 0 spiro atoms. The van der Waals surface area contributed by atoms with Gasteiger partial charge in [0.25, 0.3) is 5.91 Å². The standard InChI is InChI=1S/C28H26FN3O5S/c29-21-7-9-24-20(17-30-26(24)15-21)12-13-32(38(36,37)23-3-1-2-22(33)16-23)27-10-6-19-14-18(4-8-25(19)27)5-11-28(34)31-35/h1-5,7-9,11,14-17,27,30,33,35H,6,10,12-13H2,(H,31,34). The maximum atomic E-state index is 13.9. The van der Waals surface area contributed by atoms with Gasteiger partial charge in [-0.05, 0) is 84.0 Å². The van der Waals surface area contributed by atoms with Crippen LogP contribution < -0.4 is 5.48 Å². The summed E-state index contributed by atoms with van der Waals surface area (Å²) in [4.78, 5) is 14.4. The van der Waals surface area contributed by atoms with Crippen molar-refractivity contribution in [1.29, 1.82) is 0 Å². The van der Waals surface area contributed by atoms with Crippen molar-refractivity contribution in [2.45, 2.75) is 30.2 Å². The lowest BCUT2D eigenvalue weighted by Gasteiger charge is -2.29. The van der Waals surface area contributed by atoms with Gasteiger partial charge in [-0.1, -0.05) is 24.3 Å². The summed E-state index contributed by atoms with van der Waals surface area (Å²) < 4.78 is 42.9. The van der Waals surface area contributed by atoms with Gasteiger partial charge in [-0.3, -0.25) is 10.0 Å². The predicted octanol–water partition coefficient (Wildman–Crippen LogP) is 4.45. The van der Waals surface area contributed by atoms with Crippen LogP contribution in [0.3, 0.4) is 0 Å². The number of fused-ring (bicyclic) bond motifs is 2. The van der Waals surface area contributed by atoms with Crippen molar-refractivity contribution in [3.05, 3.63) is 101 Å². The number of aromatic hydroxyl groups is 1. The first-order valence-electron chi connectivity index (χ1n) is 12.1. The average molecular weight is 536 g/mol. The van der Waals surface area contributed by atoms with Crippen LogP contribution in [0.1, 0.15) is 34.7 Å². The molecule has 0 fully saturated rings. The lowest BCUT2D eigenvalue weighted by atomic mass is 10.0. The Morgan fingerprint density at radius 3 is 2.79 bits per heavy atom. The smallest absolute Gasteiger partial charge is 0.267 e. The number of benzene rings is 3. The number of amides is 1. The number of sulfonamides is 1. The molecule has 1 aliphatic rings. The first kappa shape index (κ1) is 25.7. The molecule has 0 radical (unpaired) electrons. The molecule has 5 rings (SSSR count). The Morgan fingerprint density at radius 1 is 1.16 bits per heavy atom. The number of aromatic amines is 1. The van der Waals surface area contributed by atoms with Gasteiger partial charge in [0.2, 0.25) is 10.0 Å². The van der Waals surface area contributed by atoms with E-state index in [-0.39, 0.29) is 23.0 Å². The number of nitrogens with one attached hydrogen (secondary N) is 2. The second-order valence-electron chi connectivity index (χ2n) is 9.19. The first-order valence-corrected chi connectivity index (χ1v) is 13.5. The fourth-order valence-corrected chi connectivity index (χ4v) is 6.72. The third-order valence-electron chi connectivity index (χ3n) is 6.85. The van der Waals surface area contributed by atoms with E-state index in [4.69, 9.17) is 5.21 Å². The number of nitrogens with zero attached hydrogens (tertiary/aromatic N) is 1. The van der Waals surface area contributed by atoms with Gasteiger partial charge < -0.3 is 10.1 Å². The maximum absolute atomic E-state index is 13.9. The number of carbonyl (C=O) groups is 1. The third kappa shape index (κ3) is 5.06. The molecule has 10 heteroatoms. The Labute approximate surface area is 219 Å². The molecule has 0 saturated carbocycles. The van der Waals surface area contributed by atoms with Gasteiger partial charge in [0, 0.05) is 29.7 Å². The highest BCUT2D eigenvalue weighted by Gasteiger charge is 2.36. The van der Waals surface area contributed by atoms with Crippen LogP contribution in [0.2, 0.25) is 0 Å². The van der Waals surface area contributed by atoms with Crippen molar-refractivity contribution >= 4 is 32.9 Å². The second-order valence-corrected chi connectivity index (χ2v) is 11.1. The van der Waals surface area contributed by atoms with E-state index in [1.807, 2.05) is 12.1 Å². The van der Waals surface area contributed by atoms with E-state index in [1.165, 1.54) is 46.8 Å². The minimum atomic E-state index is -3.99. The zero-order valence-corrected chi connectivity index (χ0v) is 21.1. The van der Waals surface area contributed by atoms with Crippen LogP contribution in [0.5, 0.6) is 5.75 Å². The van der Waals surface area contributed by atoms with E-state index in [2.05, 4.69) is 4.98 Å². The number of phenolic OH excluding ortho intramolecular Hbond substituents is 1. The monoisotopic (exact) mass is 535 g/mol. The van der Waals surface area contributed by atoms with Crippen LogP contribution >= 0.6 is 0 Å². The van der Waals surface area contributed by atoms with Crippen LogP contribution in [-0.2, 0) is 27.7 Å². The molecule has 4 N–H and O–H groups in total. The topological polar surface area (TPSA) is 123 Å². The quantitative estimate of drug-likeness (QED) is 0.151. The van der Waals surface area contributed by atoms with Crippen LogP contribution in [-0.4, -0.2) is 40.5 Å². The van der Waals surface area contributed by atoms with Crippen molar-refractivity contribution in [3.8, 4) is 5.75 Å². The fourth-order valence-electron chi connectivity index (χ4n) is 5.05. The maximum Gasteiger partial charge on any atom is 0.267 e. The number of halogens is 1. The first-order chi connectivity index (χ1) is 18.3. The van der Waals surface area contributed by atoms with E-state index in [9.17, 15) is 22.7 Å². The minimum absolute atomic E-state index is 0.00140. The SMILES string of the molecule is O=C(C=Cc1ccc2c(c1)CCC2N(CCc1c[nH]c2cc(F)ccc12)S(=O)(=O)c1cccc(O)c1)NO. The van der Waals surface area contributed by atoms with Gasteiger partial charge in [-0.15, -0.1) is 0 Å². The molecular formula is C28H26FN3O5S. The predicted molar refractivity (Wildman–Crippen MR) is 140 cm³/mol. The van der Waals surface area contributed by atoms with Crippen LogP contribution in [0.15, 0.2) is 77.8 Å². The zero-order chi connectivity index (χ0) is 26.9. The Bertz CT molecular complexity index is 1650. The van der Waals surface area contributed by atoms with E-state index in [0.29, 0.717) is 24.8 Å². The molecule has 0 saturated heterocycles. The van der Waals surface area contributed by atoms with Crippen LogP contribution in [0.4, 0.5) is 4.39 Å². The molecule has 0 bridgehead atoms. The van der Waals surface area contributed by atoms with Crippen molar-refractivity contribution in [3.63, 3.8) is 0 Å². The second kappa shape index (κ2) is 10.4.